The molecule has 0 amide bonds. The summed E-state index contributed by atoms with van der Waals surface area (Å²) in [4.78, 5) is 2.45. The average molecular weight is 291 g/mol. The highest BCUT2D eigenvalue weighted by atomic mass is 16.5. The molecule has 1 heterocycles. The minimum atomic E-state index is -0.323. The number of hydrogen-bond acceptors (Lipinski definition) is 4. The topological polar surface area (TPSA) is 41.9 Å². The van der Waals surface area contributed by atoms with Crippen LogP contribution in [0.25, 0.3) is 0 Å². The fraction of sp³-hybridized carbons (Fsp3) is 0.647. The molecule has 1 fully saturated rings. The van der Waals surface area contributed by atoms with E-state index in [0.29, 0.717) is 6.42 Å². The lowest BCUT2D eigenvalue weighted by atomic mass is 9.83. The van der Waals surface area contributed by atoms with Crippen LogP contribution in [0.1, 0.15) is 30.4 Å². The number of benzene rings is 1. The zero-order valence-corrected chi connectivity index (χ0v) is 13.0. The van der Waals surface area contributed by atoms with Crippen LogP contribution in [0, 0.1) is 0 Å². The van der Waals surface area contributed by atoms with Gasteiger partial charge in [0.15, 0.2) is 0 Å². The molecule has 4 heteroatoms. The standard InChI is InChI=1S/C17H25NO3/c1-20-16-6-7-17(21-2)13-11-15(19)14(10-12(13)16)18-8-4-3-5-9-18/h6-7,14-15,19H,3-5,8-11H2,1-2H3/t14-,15-/m1/s1. The summed E-state index contributed by atoms with van der Waals surface area (Å²) in [6.45, 7) is 2.20. The summed E-state index contributed by atoms with van der Waals surface area (Å²) >= 11 is 0. The van der Waals surface area contributed by atoms with Gasteiger partial charge in [-0.05, 0) is 44.5 Å². The third-order valence-electron chi connectivity index (χ3n) is 4.92. The number of aliphatic hydroxyl groups is 1. The molecule has 1 N–H and O–H groups in total. The lowest BCUT2D eigenvalue weighted by Gasteiger charge is -2.40. The first-order valence-corrected chi connectivity index (χ1v) is 7.89. The summed E-state index contributed by atoms with van der Waals surface area (Å²) in [6, 6.07) is 4.12. The molecule has 0 radical (unpaired) electrons. The van der Waals surface area contributed by atoms with E-state index in [1.807, 2.05) is 12.1 Å². The number of ether oxygens (including phenoxy) is 2. The molecule has 1 aliphatic heterocycles. The molecule has 116 valence electrons. The SMILES string of the molecule is COc1ccc(OC)c2c1C[C@@H](O)[C@H](N1CCCCC1)C2. The highest BCUT2D eigenvalue weighted by molar-refractivity contribution is 5.51. The first-order chi connectivity index (χ1) is 10.2. The fourth-order valence-electron chi connectivity index (χ4n) is 3.79. The largest absolute Gasteiger partial charge is 0.496 e. The van der Waals surface area contributed by atoms with Crippen molar-refractivity contribution in [2.45, 2.75) is 44.2 Å². The quantitative estimate of drug-likeness (QED) is 0.925. The van der Waals surface area contributed by atoms with Gasteiger partial charge >= 0.3 is 0 Å². The number of rotatable bonds is 3. The number of piperidine rings is 1. The van der Waals surface area contributed by atoms with E-state index in [-0.39, 0.29) is 12.1 Å². The normalized spacial score (nSPS) is 26.2. The van der Waals surface area contributed by atoms with Gasteiger partial charge in [0.05, 0.1) is 20.3 Å². The molecule has 3 rings (SSSR count). The van der Waals surface area contributed by atoms with Crippen LogP contribution < -0.4 is 9.47 Å². The van der Waals surface area contributed by atoms with Crippen LogP contribution in [-0.2, 0) is 12.8 Å². The molecule has 0 unspecified atom stereocenters. The van der Waals surface area contributed by atoms with E-state index in [2.05, 4.69) is 4.90 Å². The lowest BCUT2D eigenvalue weighted by molar-refractivity contribution is 0.0316. The Balaban J connectivity index is 1.91. The summed E-state index contributed by atoms with van der Waals surface area (Å²) in [5, 5.41) is 10.6. The van der Waals surface area contributed by atoms with Gasteiger partial charge in [0.2, 0.25) is 0 Å². The predicted molar refractivity (Wildman–Crippen MR) is 82.2 cm³/mol. The Hall–Kier alpha value is -1.26. The first-order valence-electron chi connectivity index (χ1n) is 7.89. The molecule has 2 aliphatic rings. The van der Waals surface area contributed by atoms with E-state index in [1.54, 1.807) is 14.2 Å². The second-order valence-electron chi connectivity index (χ2n) is 6.07. The van der Waals surface area contributed by atoms with Crippen LogP contribution in [0.3, 0.4) is 0 Å². The second kappa shape index (κ2) is 6.24. The molecule has 1 saturated heterocycles. The van der Waals surface area contributed by atoms with Gasteiger partial charge in [-0.2, -0.15) is 0 Å². The summed E-state index contributed by atoms with van der Waals surface area (Å²) < 4.78 is 11.0. The summed E-state index contributed by atoms with van der Waals surface area (Å²) in [5.74, 6) is 1.78. The number of hydrogen-bond donors (Lipinski definition) is 1. The van der Waals surface area contributed by atoms with Gasteiger partial charge in [-0.15, -0.1) is 0 Å². The summed E-state index contributed by atoms with van der Waals surface area (Å²) in [7, 11) is 3.40. The van der Waals surface area contributed by atoms with E-state index in [0.717, 1.165) is 36.6 Å². The number of fused-ring (bicyclic) bond motifs is 1. The molecular formula is C17H25NO3. The van der Waals surface area contributed by atoms with Gasteiger partial charge in [0.1, 0.15) is 11.5 Å². The monoisotopic (exact) mass is 291 g/mol. The van der Waals surface area contributed by atoms with Crippen molar-refractivity contribution in [3.05, 3.63) is 23.3 Å². The van der Waals surface area contributed by atoms with Crippen molar-refractivity contribution in [1.29, 1.82) is 0 Å². The average Bonchev–Trinajstić information content (AvgIpc) is 2.54. The van der Waals surface area contributed by atoms with E-state index in [9.17, 15) is 5.11 Å². The fourth-order valence-corrected chi connectivity index (χ4v) is 3.79. The Labute approximate surface area is 126 Å². The third-order valence-corrected chi connectivity index (χ3v) is 4.92. The van der Waals surface area contributed by atoms with E-state index >= 15 is 0 Å². The maximum atomic E-state index is 10.6. The minimum absolute atomic E-state index is 0.207. The number of methoxy groups -OCH3 is 2. The molecule has 0 spiro atoms. The summed E-state index contributed by atoms with van der Waals surface area (Å²) in [5.41, 5.74) is 2.32. The minimum Gasteiger partial charge on any atom is -0.496 e. The molecule has 0 bridgehead atoms. The Morgan fingerprint density at radius 3 is 2.10 bits per heavy atom. The van der Waals surface area contributed by atoms with Gasteiger partial charge in [0, 0.05) is 23.6 Å². The van der Waals surface area contributed by atoms with Crippen molar-refractivity contribution >= 4 is 0 Å². The van der Waals surface area contributed by atoms with Gasteiger partial charge < -0.3 is 14.6 Å². The molecule has 0 saturated carbocycles. The summed E-state index contributed by atoms with van der Waals surface area (Å²) in [6.07, 6.45) is 4.97. The van der Waals surface area contributed by atoms with Gasteiger partial charge in [-0.25, -0.2) is 0 Å². The lowest BCUT2D eigenvalue weighted by Crippen LogP contribution is -2.50. The van der Waals surface area contributed by atoms with Crippen molar-refractivity contribution in [2.24, 2.45) is 0 Å². The van der Waals surface area contributed by atoms with Crippen molar-refractivity contribution in [3.63, 3.8) is 0 Å². The maximum absolute atomic E-state index is 10.6. The Bertz CT molecular complexity index is 497. The van der Waals surface area contributed by atoms with E-state index < -0.39 is 0 Å². The van der Waals surface area contributed by atoms with Crippen LogP contribution in [-0.4, -0.2) is 49.5 Å². The number of nitrogens with zero attached hydrogens (tertiary/aromatic N) is 1. The molecule has 0 aromatic heterocycles. The van der Waals surface area contributed by atoms with Crippen molar-refractivity contribution in [2.75, 3.05) is 27.3 Å². The van der Waals surface area contributed by atoms with Crippen LogP contribution in [0.15, 0.2) is 12.1 Å². The molecule has 2 atom stereocenters. The zero-order valence-electron chi connectivity index (χ0n) is 13.0. The number of aliphatic hydroxyl groups excluding tert-OH is 1. The Kier molecular flexibility index (Phi) is 4.36. The Morgan fingerprint density at radius 1 is 0.952 bits per heavy atom. The van der Waals surface area contributed by atoms with Crippen molar-refractivity contribution in [1.82, 2.24) is 4.90 Å². The smallest absolute Gasteiger partial charge is 0.122 e. The van der Waals surface area contributed by atoms with E-state index in [4.69, 9.17) is 9.47 Å². The van der Waals surface area contributed by atoms with Gasteiger partial charge in [0.25, 0.3) is 0 Å². The Morgan fingerprint density at radius 2 is 1.52 bits per heavy atom. The van der Waals surface area contributed by atoms with Gasteiger partial charge in [-0.3, -0.25) is 4.90 Å². The maximum Gasteiger partial charge on any atom is 0.122 e. The second-order valence-corrected chi connectivity index (χ2v) is 6.07. The number of likely N-dealkylation sites (tertiary alicyclic amines) is 1. The van der Waals surface area contributed by atoms with Crippen LogP contribution in [0.5, 0.6) is 11.5 Å². The molecule has 4 nitrogen and oxygen atoms in total. The van der Waals surface area contributed by atoms with Crippen LogP contribution >= 0.6 is 0 Å². The van der Waals surface area contributed by atoms with Crippen LogP contribution in [0.4, 0.5) is 0 Å². The molecule has 1 aromatic carbocycles. The van der Waals surface area contributed by atoms with Crippen LogP contribution in [0.2, 0.25) is 0 Å². The van der Waals surface area contributed by atoms with E-state index in [1.165, 1.54) is 24.8 Å². The highest BCUT2D eigenvalue weighted by Gasteiger charge is 2.35. The van der Waals surface area contributed by atoms with Gasteiger partial charge in [-0.1, -0.05) is 6.42 Å². The molecule has 21 heavy (non-hydrogen) atoms. The third kappa shape index (κ3) is 2.74. The van der Waals surface area contributed by atoms with Crippen molar-refractivity contribution < 1.29 is 14.6 Å². The van der Waals surface area contributed by atoms with Crippen molar-refractivity contribution in [3.8, 4) is 11.5 Å². The molecule has 1 aliphatic carbocycles. The zero-order chi connectivity index (χ0) is 14.8. The highest BCUT2D eigenvalue weighted by Crippen LogP contribution is 2.37. The first kappa shape index (κ1) is 14.7. The molecule has 1 aromatic rings. The predicted octanol–water partition coefficient (Wildman–Crippen LogP) is 2.02. The molecular weight excluding hydrogens is 266 g/mol.